The maximum absolute atomic E-state index is 11.5. The van der Waals surface area contributed by atoms with Crippen LogP contribution in [0.2, 0.25) is 0 Å². The molecular formula is C10H21N2O+. The Bertz CT molecular complexity index is 207. The van der Waals surface area contributed by atoms with Crippen LogP contribution in [0.5, 0.6) is 0 Å². The third kappa shape index (κ3) is 4.68. The molecule has 1 N–H and O–H groups in total. The van der Waals surface area contributed by atoms with Gasteiger partial charge in [-0.15, -0.1) is 0 Å². The van der Waals surface area contributed by atoms with Gasteiger partial charge in [-0.1, -0.05) is 13.0 Å². The normalized spacial score (nSPS) is 12.8. The molecule has 0 rings (SSSR count). The Hall–Kier alpha value is -0.830. The van der Waals surface area contributed by atoms with Gasteiger partial charge in [0, 0.05) is 5.57 Å². The van der Waals surface area contributed by atoms with E-state index in [0.29, 0.717) is 4.59 Å². The van der Waals surface area contributed by atoms with E-state index in [9.17, 15) is 4.79 Å². The molecule has 0 aliphatic heterocycles. The van der Waals surface area contributed by atoms with Crippen LogP contribution in [0.3, 0.4) is 0 Å². The van der Waals surface area contributed by atoms with Gasteiger partial charge in [0.2, 0.25) is 0 Å². The van der Waals surface area contributed by atoms with Crippen molar-refractivity contribution in [3.8, 4) is 0 Å². The summed E-state index contributed by atoms with van der Waals surface area (Å²) < 4.78 is 0.542. The fourth-order valence-electron chi connectivity index (χ4n) is 1.11. The SMILES string of the molecule is CC=C(C)C(=O)N[N+](C)(C)CCC. The molecule has 0 aromatic carbocycles. The summed E-state index contributed by atoms with van der Waals surface area (Å²) in [5.41, 5.74) is 3.70. The number of rotatable bonds is 4. The third-order valence-corrected chi connectivity index (χ3v) is 1.98. The third-order valence-electron chi connectivity index (χ3n) is 1.98. The van der Waals surface area contributed by atoms with Crippen molar-refractivity contribution in [3.63, 3.8) is 0 Å². The zero-order valence-corrected chi connectivity index (χ0v) is 9.35. The van der Waals surface area contributed by atoms with Crippen molar-refractivity contribution in [1.29, 1.82) is 0 Å². The molecule has 0 aliphatic rings. The largest absolute Gasteiger partial charge is 0.291 e. The maximum Gasteiger partial charge on any atom is 0.291 e. The highest BCUT2D eigenvalue weighted by molar-refractivity contribution is 5.91. The second-order valence-electron chi connectivity index (χ2n) is 3.82. The lowest BCUT2D eigenvalue weighted by atomic mass is 10.3. The number of carbonyl (C=O) groups is 1. The summed E-state index contributed by atoms with van der Waals surface area (Å²) in [6.07, 6.45) is 2.88. The predicted molar refractivity (Wildman–Crippen MR) is 54.8 cm³/mol. The molecule has 0 unspecified atom stereocenters. The second-order valence-corrected chi connectivity index (χ2v) is 3.82. The zero-order chi connectivity index (χ0) is 10.5. The predicted octanol–water partition coefficient (Wildman–Crippen LogP) is 1.47. The number of hydrogen-bond donors (Lipinski definition) is 1. The molecule has 13 heavy (non-hydrogen) atoms. The Morgan fingerprint density at radius 1 is 1.46 bits per heavy atom. The summed E-state index contributed by atoms with van der Waals surface area (Å²) in [7, 11) is 3.98. The summed E-state index contributed by atoms with van der Waals surface area (Å²) in [6.45, 7) is 6.74. The number of nitrogens with zero attached hydrogens (tertiary/aromatic N) is 1. The van der Waals surface area contributed by atoms with Crippen LogP contribution in [0, 0.1) is 0 Å². The van der Waals surface area contributed by atoms with E-state index in [0.717, 1.165) is 18.5 Å². The summed E-state index contributed by atoms with van der Waals surface area (Å²) in [4.78, 5) is 11.5. The molecule has 3 nitrogen and oxygen atoms in total. The zero-order valence-electron chi connectivity index (χ0n) is 9.35. The molecular weight excluding hydrogens is 164 g/mol. The van der Waals surface area contributed by atoms with Crippen molar-refractivity contribution in [2.45, 2.75) is 27.2 Å². The van der Waals surface area contributed by atoms with Gasteiger partial charge < -0.3 is 0 Å². The Labute approximate surface area is 81.0 Å². The van der Waals surface area contributed by atoms with Gasteiger partial charge in [0.25, 0.3) is 5.91 Å². The molecule has 0 aliphatic carbocycles. The molecule has 0 saturated heterocycles. The van der Waals surface area contributed by atoms with Gasteiger partial charge in [0.1, 0.15) is 6.54 Å². The van der Waals surface area contributed by atoms with Crippen molar-refractivity contribution < 1.29 is 9.39 Å². The van der Waals surface area contributed by atoms with E-state index in [-0.39, 0.29) is 5.91 Å². The Morgan fingerprint density at radius 2 is 2.00 bits per heavy atom. The smallest absolute Gasteiger partial charge is 0.265 e. The molecule has 3 heteroatoms. The van der Waals surface area contributed by atoms with Crippen molar-refractivity contribution in [2.75, 3.05) is 20.6 Å². The first-order chi connectivity index (χ1) is 5.93. The van der Waals surface area contributed by atoms with Crippen molar-refractivity contribution in [3.05, 3.63) is 11.6 Å². The van der Waals surface area contributed by atoms with E-state index in [4.69, 9.17) is 0 Å². The first kappa shape index (κ1) is 12.2. The lowest BCUT2D eigenvalue weighted by molar-refractivity contribution is -0.925. The second kappa shape index (κ2) is 5.02. The highest BCUT2D eigenvalue weighted by Gasteiger charge is 2.17. The van der Waals surface area contributed by atoms with Crippen LogP contribution in [-0.2, 0) is 4.79 Å². The highest BCUT2D eigenvalue weighted by Crippen LogP contribution is 1.97. The van der Waals surface area contributed by atoms with Gasteiger partial charge in [-0.3, -0.25) is 4.79 Å². The summed E-state index contributed by atoms with van der Waals surface area (Å²) >= 11 is 0. The van der Waals surface area contributed by atoms with Crippen LogP contribution in [0.25, 0.3) is 0 Å². The van der Waals surface area contributed by atoms with Gasteiger partial charge in [-0.25, -0.2) is 4.59 Å². The Kier molecular flexibility index (Phi) is 4.70. The van der Waals surface area contributed by atoms with Crippen LogP contribution >= 0.6 is 0 Å². The summed E-state index contributed by atoms with van der Waals surface area (Å²) in [5, 5.41) is 0. The molecule has 0 saturated carbocycles. The molecule has 0 aromatic heterocycles. The lowest BCUT2D eigenvalue weighted by Crippen LogP contribution is -2.54. The minimum Gasteiger partial charge on any atom is -0.265 e. The number of nitrogens with one attached hydrogen (secondary N) is 1. The summed E-state index contributed by atoms with van der Waals surface area (Å²) in [6, 6.07) is 0. The van der Waals surface area contributed by atoms with Gasteiger partial charge >= 0.3 is 0 Å². The Morgan fingerprint density at radius 3 is 2.38 bits per heavy atom. The van der Waals surface area contributed by atoms with E-state index in [1.807, 2.05) is 34.0 Å². The van der Waals surface area contributed by atoms with Crippen LogP contribution in [-0.4, -0.2) is 31.1 Å². The number of hydrogen-bond acceptors (Lipinski definition) is 1. The van der Waals surface area contributed by atoms with Crippen molar-refractivity contribution >= 4 is 5.91 Å². The van der Waals surface area contributed by atoms with Gasteiger partial charge in [-0.2, -0.15) is 5.43 Å². The minimum atomic E-state index is 0.0148. The molecule has 0 fully saturated rings. The highest BCUT2D eigenvalue weighted by atomic mass is 16.2. The fourth-order valence-corrected chi connectivity index (χ4v) is 1.11. The van der Waals surface area contributed by atoms with E-state index >= 15 is 0 Å². The summed E-state index contributed by atoms with van der Waals surface area (Å²) in [5.74, 6) is 0.0148. The van der Waals surface area contributed by atoms with Crippen LogP contribution in [0.4, 0.5) is 0 Å². The van der Waals surface area contributed by atoms with E-state index in [2.05, 4.69) is 12.3 Å². The van der Waals surface area contributed by atoms with Crippen LogP contribution in [0.1, 0.15) is 27.2 Å². The maximum atomic E-state index is 11.5. The number of allylic oxidation sites excluding steroid dienone is 1. The molecule has 0 atom stereocenters. The standard InChI is InChI=1S/C10H20N2O/c1-6-8-12(4,5)11-10(13)9(3)7-2/h7H,6,8H2,1-5H3/p+1. The molecule has 0 aromatic rings. The van der Waals surface area contributed by atoms with Crippen molar-refractivity contribution in [1.82, 2.24) is 5.43 Å². The molecule has 0 bridgehead atoms. The fraction of sp³-hybridized carbons (Fsp3) is 0.700. The Balaban J connectivity index is 4.19. The molecule has 76 valence electrons. The molecule has 0 spiro atoms. The van der Waals surface area contributed by atoms with E-state index < -0.39 is 0 Å². The average Bonchev–Trinajstić information content (AvgIpc) is 2.01. The lowest BCUT2D eigenvalue weighted by Gasteiger charge is -2.28. The average molecular weight is 185 g/mol. The van der Waals surface area contributed by atoms with Crippen LogP contribution < -0.4 is 5.43 Å². The molecule has 1 amide bonds. The number of carbonyl (C=O) groups excluding carboxylic acids is 1. The quantitative estimate of drug-likeness (QED) is 0.401. The van der Waals surface area contributed by atoms with Gasteiger partial charge in [0.15, 0.2) is 0 Å². The minimum absolute atomic E-state index is 0.0148. The first-order valence-electron chi connectivity index (χ1n) is 4.71. The van der Waals surface area contributed by atoms with Gasteiger partial charge in [0.05, 0.1) is 14.1 Å². The van der Waals surface area contributed by atoms with Gasteiger partial charge in [-0.05, 0) is 20.3 Å². The number of quaternary nitrogens is 1. The monoisotopic (exact) mass is 185 g/mol. The first-order valence-corrected chi connectivity index (χ1v) is 4.71. The van der Waals surface area contributed by atoms with Crippen molar-refractivity contribution in [2.24, 2.45) is 0 Å². The van der Waals surface area contributed by atoms with Crippen LogP contribution in [0.15, 0.2) is 11.6 Å². The van der Waals surface area contributed by atoms with E-state index in [1.165, 1.54) is 0 Å². The molecule has 0 radical (unpaired) electrons. The topological polar surface area (TPSA) is 29.1 Å². The molecule has 0 heterocycles. The van der Waals surface area contributed by atoms with E-state index in [1.54, 1.807) is 0 Å². The number of amides is 1.